The maximum Gasteiger partial charge on any atom is 0.217 e. The van der Waals surface area contributed by atoms with E-state index in [1.807, 2.05) is 24.3 Å². The van der Waals surface area contributed by atoms with Gasteiger partial charge in [0, 0.05) is 12.5 Å². The summed E-state index contributed by atoms with van der Waals surface area (Å²) in [4.78, 5) is 10.7. The molecule has 0 aliphatic rings. The lowest BCUT2D eigenvalue weighted by molar-refractivity contribution is -0.118. The average molecular weight is 239 g/mol. The van der Waals surface area contributed by atoms with E-state index in [0.29, 0.717) is 6.54 Å². The topological polar surface area (TPSA) is 49.3 Å². The SMILES string of the molecule is CC(=O)NCC#Cc1ccc2cc(O)ccc2c1. The molecule has 0 saturated carbocycles. The molecule has 0 heterocycles. The third-order valence-corrected chi connectivity index (χ3v) is 2.48. The maximum atomic E-state index is 10.7. The van der Waals surface area contributed by atoms with Crippen LogP contribution in [0.3, 0.4) is 0 Å². The first-order valence-electron chi connectivity index (χ1n) is 5.61. The average Bonchev–Trinajstić information content (AvgIpc) is 2.34. The van der Waals surface area contributed by atoms with Gasteiger partial charge in [0.15, 0.2) is 0 Å². The molecule has 18 heavy (non-hydrogen) atoms. The molecule has 3 nitrogen and oxygen atoms in total. The van der Waals surface area contributed by atoms with Crippen LogP contribution in [0, 0.1) is 11.8 Å². The Morgan fingerprint density at radius 2 is 1.94 bits per heavy atom. The summed E-state index contributed by atoms with van der Waals surface area (Å²) < 4.78 is 0. The molecule has 0 bridgehead atoms. The van der Waals surface area contributed by atoms with Gasteiger partial charge >= 0.3 is 0 Å². The number of carbonyl (C=O) groups excluding carboxylic acids is 1. The fraction of sp³-hybridized carbons (Fsp3) is 0.133. The zero-order valence-corrected chi connectivity index (χ0v) is 10.0. The summed E-state index contributed by atoms with van der Waals surface area (Å²) in [5.41, 5.74) is 0.888. The van der Waals surface area contributed by atoms with E-state index in [-0.39, 0.29) is 11.7 Å². The van der Waals surface area contributed by atoms with Gasteiger partial charge in [-0.25, -0.2) is 0 Å². The minimum absolute atomic E-state index is 0.0849. The fourth-order valence-electron chi connectivity index (χ4n) is 1.63. The van der Waals surface area contributed by atoms with Gasteiger partial charge in [-0.2, -0.15) is 0 Å². The Labute approximate surface area is 105 Å². The van der Waals surface area contributed by atoms with E-state index in [0.717, 1.165) is 16.3 Å². The summed E-state index contributed by atoms with van der Waals surface area (Å²) >= 11 is 0. The Kier molecular flexibility index (Phi) is 3.49. The molecule has 0 aliphatic heterocycles. The molecule has 0 spiro atoms. The van der Waals surface area contributed by atoms with Crippen LogP contribution in [0.25, 0.3) is 10.8 Å². The highest BCUT2D eigenvalue weighted by Gasteiger charge is 1.96. The molecule has 0 radical (unpaired) electrons. The third kappa shape index (κ3) is 3.02. The van der Waals surface area contributed by atoms with Crippen LogP contribution in [0.4, 0.5) is 0 Å². The van der Waals surface area contributed by atoms with E-state index in [9.17, 15) is 9.90 Å². The monoisotopic (exact) mass is 239 g/mol. The van der Waals surface area contributed by atoms with Crippen molar-refractivity contribution in [1.29, 1.82) is 0 Å². The van der Waals surface area contributed by atoms with Gasteiger partial charge in [-0.15, -0.1) is 0 Å². The second kappa shape index (κ2) is 5.24. The number of carbonyl (C=O) groups is 1. The minimum Gasteiger partial charge on any atom is -0.508 e. The van der Waals surface area contributed by atoms with E-state index >= 15 is 0 Å². The van der Waals surface area contributed by atoms with Crippen molar-refractivity contribution in [3.05, 3.63) is 42.0 Å². The van der Waals surface area contributed by atoms with E-state index < -0.39 is 0 Å². The molecule has 2 N–H and O–H groups in total. The highest BCUT2D eigenvalue weighted by Crippen LogP contribution is 2.20. The first-order valence-corrected chi connectivity index (χ1v) is 5.61. The Hall–Kier alpha value is -2.47. The molecule has 90 valence electrons. The molecule has 1 amide bonds. The van der Waals surface area contributed by atoms with Crippen LogP contribution in [-0.2, 0) is 4.79 Å². The van der Waals surface area contributed by atoms with Crippen molar-refractivity contribution in [3.8, 4) is 17.6 Å². The van der Waals surface area contributed by atoms with Crippen molar-refractivity contribution in [1.82, 2.24) is 5.32 Å². The van der Waals surface area contributed by atoms with E-state index in [2.05, 4.69) is 17.2 Å². The van der Waals surface area contributed by atoms with Gasteiger partial charge in [-0.05, 0) is 35.0 Å². The predicted molar refractivity (Wildman–Crippen MR) is 71.2 cm³/mol. The molecule has 2 aromatic carbocycles. The van der Waals surface area contributed by atoms with Crippen molar-refractivity contribution >= 4 is 16.7 Å². The van der Waals surface area contributed by atoms with Crippen LogP contribution in [0.2, 0.25) is 0 Å². The molecule has 0 aliphatic carbocycles. The lowest BCUT2D eigenvalue weighted by Crippen LogP contribution is -2.19. The molecular weight excluding hydrogens is 226 g/mol. The van der Waals surface area contributed by atoms with Gasteiger partial charge in [-0.3, -0.25) is 4.79 Å². The van der Waals surface area contributed by atoms with Crippen molar-refractivity contribution in [2.75, 3.05) is 6.54 Å². The van der Waals surface area contributed by atoms with Gasteiger partial charge in [0.25, 0.3) is 0 Å². The zero-order valence-electron chi connectivity index (χ0n) is 10.0. The standard InChI is InChI=1S/C15H13NO2/c1-11(17)16-8-2-3-12-4-5-14-10-15(18)7-6-13(14)9-12/h4-7,9-10,18H,8H2,1H3,(H,16,17). The molecule has 2 aromatic rings. The van der Waals surface area contributed by atoms with Crippen molar-refractivity contribution in [2.45, 2.75) is 6.92 Å². The second-order valence-electron chi connectivity index (χ2n) is 3.96. The first-order chi connectivity index (χ1) is 8.65. The Morgan fingerprint density at radius 1 is 1.22 bits per heavy atom. The number of hydrogen-bond donors (Lipinski definition) is 2. The summed E-state index contributed by atoms with van der Waals surface area (Å²) in [6.07, 6.45) is 0. The van der Waals surface area contributed by atoms with Gasteiger partial charge in [0.1, 0.15) is 5.75 Å². The van der Waals surface area contributed by atoms with Gasteiger partial charge in [-0.1, -0.05) is 24.0 Å². The number of nitrogens with one attached hydrogen (secondary N) is 1. The second-order valence-corrected chi connectivity index (χ2v) is 3.96. The number of benzene rings is 2. The molecule has 0 saturated heterocycles. The predicted octanol–water partition coefficient (Wildman–Crippen LogP) is 2.03. The number of phenolic OH excluding ortho intramolecular Hbond substituents is 1. The molecule has 0 unspecified atom stereocenters. The lowest BCUT2D eigenvalue weighted by Gasteiger charge is -1.99. The quantitative estimate of drug-likeness (QED) is 0.748. The largest absolute Gasteiger partial charge is 0.508 e. The number of amides is 1. The number of rotatable bonds is 1. The first kappa shape index (κ1) is 12.0. The van der Waals surface area contributed by atoms with Gasteiger partial charge in [0.2, 0.25) is 5.91 Å². The molecular formula is C15H13NO2. The van der Waals surface area contributed by atoms with Crippen LogP contribution < -0.4 is 5.32 Å². The van der Waals surface area contributed by atoms with Gasteiger partial charge < -0.3 is 10.4 Å². The minimum atomic E-state index is -0.0849. The van der Waals surface area contributed by atoms with Crippen LogP contribution >= 0.6 is 0 Å². The number of fused-ring (bicyclic) bond motifs is 1. The van der Waals surface area contributed by atoms with Crippen molar-refractivity contribution < 1.29 is 9.90 Å². The Balaban J connectivity index is 2.20. The third-order valence-electron chi connectivity index (χ3n) is 2.48. The van der Waals surface area contributed by atoms with E-state index in [1.54, 1.807) is 12.1 Å². The molecule has 0 atom stereocenters. The molecule has 3 heteroatoms. The van der Waals surface area contributed by atoms with E-state index in [1.165, 1.54) is 6.92 Å². The van der Waals surface area contributed by atoms with Crippen LogP contribution in [0.1, 0.15) is 12.5 Å². The number of phenols is 1. The maximum absolute atomic E-state index is 10.7. The van der Waals surface area contributed by atoms with Crippen molar-refractivity contribution in [2.24, 2.45) is 0 Å². The molecule has 0 fully saturated rings. The summed E-state index contributed by atoms with van der Waals surface area (Å²) in [5, 5.41) is 14.0. The smallest absolute Gasteiger partial charge is 0.217 e. The Bertz CT molecular complexity index is 650. The lowest BCUT2D eigenvalue weighted by atomic mass is 10.1. The highest BCUT2D eigenvalue weighted by atomic mass is 16.3. The number of hydrogen-bond acceptors (Lipinski definition) is 2. The molecule has 0 aromatic heterocycles. The molecule has 2 rings (SSSR count). The summed E-state index contributed by atoms with van der Waals surface area (Å²) in [6, 6.07) is 11.0. The normalized spacial score (nSPS) is 9.61. The summed E-state index contributed by atoms with van der Waals surface area (Å²) in [7, 11) is 0. The van der Waals surface area contributed by atoms with Crippen LogP contribution in [0.15, 0.2) is 36.4 Å². The van der Waals surface area contributed by atoms with Crippen LogP contribution in [-0.4, -0.2) is 17.6 Å². The Morgan fingerprint density at radius 3 is 2.72 bits per heavy atom. The number of aromatic hydroxyl groups is 1. The van der Waals surface area contributed by atoms with Crippen molar-refractivity contribution in [3.63, 3.8) is 0 Å². The van der Waals surface area contributed by atoms with E-state index in [4.69, 9.17) is 0 Å². The fourth-order valence-corrected chi connectivity index (χ4v) is 1.63. The van der Waals surface area contributed by atoms with Crippen LogP contribution in [0.5, 0.6) is 5.75 Å². The summed E-state index contributed by atoms with van der Waals surface area (Å²) in [5.74, 6) is 6.03. The van der Waals surface area contributed by atoms with Gasteiger partial charge in [0.05, 0.1) is 6.54 Å². The summed E-state index contributed by atoms with van der Waals surface area (Å²) in [6.45, 7) is 1.81. The highest BCUT2D eigenvalue weighted by molar-refractivity contribution is 5.85. The zero-order chi connectivity index (χ0) is 13.0.